The van der Waals surface area contributed by atoms with Gasteiger partial charge in [-0.05, 0) is 55.2 Å². The predicted molar refractivity (Wildman–Crippen MR) is 96.0 cm³/mol. The fraction of sp³-hybridized carbons (Fsp3) is 0.300. The molecule has 0 unspecified atom stereocenters. The molecule has 0 atom stereocenters. The van der Waals surface area contributed by atoms with Gasteiger partial charge in [0.15, 0.2) is 0 Å². The minimum atomic E-state index is -0.682. The van der Waals surface area contributed by atoms with E-state index in [-0.39, 0.29) is 17.6 Å². The highest BCUT2D eigenvalue weighted by atomic mass is 19.1. The van der Waals surface area contributed by atoms with Crippen LogP contribution in [-0.4, -0.2) is 11.8 Å². The molecule has 0 saturated heterocycles. The van der Waals surface area contributed by atoms with Gasteiger partial charge in [-0.25, -0.2) is 4.39 Å². The van der Waals surface area contributed by atoms with Gasteiger partial charge in [0.1, 0.15) is 5.82 Å². The van der Waals surface area contributed by atoms with Crippen LogP contribution in [0.15, 0.2) is 42.5 Å². The Balaban J connectivity index is 1.88. The lowest BCUT2D eigenvalue weighted by Crippen LogP contribution is -2.46. The second-order valence-corrected chi connectivity index (χ2v) is 6.56. The van der Waals surface area contributed by atoms with Crippen molar-refractivity contribution in [3.63, 3.8) is 0 Å². The maximum atomic E-state index is 13.6. The SMILES string of the molecule is CC(=O)Nc1cccc(NC(=O)C2(c3cccc(F)c3)CCC2)c1C. The molecule has 25 heavy (non-hydrogen) atoms. The monoisotopic (exact) mass is 340 g/mol. The summed E-state index contributed by atoms with van der Waals surface area (Å²) in [4.78, 5) is 24.3. The van der Waals surface area contributed by atoms with Crippen molar-refractivity contribution in [2.45, 2.75) is 38.5 Å². The fourth-order valence-corrected chi connectivity index (χ4v) is 3.30. The minimum Gasteiger partial charge on any atom is -0.326 e. The van der Waals surface area contributed by atoms with Gasteiger partial charge in [0.05, 0.1) is 5.41 Å². The van der Waals surface area contributed by atoms with Crippen molar-refractivity contribution in [3.05, 3.63) is 59.4 Å². The zero-order valence-electron chi connectivity index (χ0n) is 14.4. The van der Waals surface area contributed by atoms with Crippen LogP contribution in [0.3, 0.4) is 0 Å². The first-order valence-corrected chi connectivity index (χ1v) is 8.37. The van der Waals surface area contributed by atoms with Crippen LogP contribution in [0.4, 0.5) is 15.8 Å². The van der Waals surface area contributed by atoms with Gasteiger partial charge in [-0.1, -0.05) is 24.6 Å². The molecule has 4 nitrogen and oxygen atoms in total. The van der Waals surface area contributed by atoms with Crippen molar-refractivity contribution >= 4 is 23.2 Å². The summed E-state index contributed by atoms with van der Waals surface area (Å²) in [5.74, 6) is -0.630. The molecular weight excluding hydrogens is 319 g/mol. The van der Waals surface area contributed by atoms with Crippen molar-refractivity contribution < 1.29 is 14.0 Å². The van der Waals surface area contributed by atoms with E-state index < -0.39 is 5.41 Å². The van der Waals surface area contributed by atoms with Gasteiger partial charge < -0.3 is 10.6 Å². The van der Waals surface area contributed by atoms with Gasteiger partial charge in [-0.15, -0.1) is 0 Å². The first-order valence-electron chi connectivity index (χ1n) is 8.37. The molecule has 0 bridgehead atoms. The molecular formula is C20H21FN2O2. The van der Waals surface area contributed by atoms with Gasteiger partial charge in [0, 0.05) is 18.3 Å². The highest BCUT2D eigenvalue weighted by Crippen LogP contribution is 2.45. The molecule has 0 spiro atoms. The number of carbonyl (C=O) groups is 2. The molecule has 130 valence electrons. The first kappa shape index (κ1) is 17.1. The summed E-state index contributed by atoms with van der Waals surface area (Å²) in [6, 6.07) is 11.6. The van der Waals surface area contributed by atoms with Crippen LogP contribution in [0.25, 0.3) is 0 Å². The van der Waals surface area contributed by atoms with Gasteiger partial charge in [0.2, 0.25) is 11.8 Å². The molecule has 0 aromatic heterocycles. The van der Waals surface area contributed by atoms with Gasteiger partial charge in [-0.2, -0.15) is 0 Å². The van der Waals surface area contributed by atoms with Crippen LogP contribution in [0.2, 0.25) is 0 Å². The Morgan fingerprint density at radius 2 is 1.68 bits per heavy atom. The summed E-state index contributed by atoms with van der Waals surface area (Å²) in [6.07, 6.45) is 2.34. The molecule has 1 saturated carbocycles. The van der Waals surface area contributed by atoms with Crippen molar-refractivity contribution in [1.29, 1.82) is 0 Å². The van der Waals surface area contributed by atoms with Crippen LogP contribution in [-0.2, 0) is 15.0 Å². The van der Waals surface area contributed by atoms with Gasteiger partial charge >= 0.3 is 0 Å². The molecule has 1 fully saturated rings. The molecule has 1 aliphatic carbocycles. The zero-order valence-corrected chi connectivity index (χ0v) is 14.4. The van der Waals surface area contributed by atoms with E-state index in [1.54, 1.807) is 24.3 Å². The smallest absolute Gasteiger partial charge is 0.235 e. The summed E-state index contributed by atoms with van der Waals surface area (Å²) in [5, 5.41) is 5.72. The standard InChI is InChI=1S/C20H21FN2O2/c1-13-17(22-14(2)24)8-4-9-18(13)23-19(25)20(10-5-11-20)15-6-3-7-16(21)12-15/h3-4,6-9,12H,5,10-11H2,1-2H3,(H,22,24)(H,23,25). The van der Waals surface area contributed by atoms with Crippen LogP contribution < -0.4 is 10.6 Å². The van der Waals surface area contributed by atoms with E-state index >= 15 is 0 Å². The van der Waals surface area contributed by atoms with E-state index in [4.69, 9.17) is 0 Å². The second-order valence-electron chi connectivity index (χ2n) is 6.56. The molecule has 5 heteroatoms. The van der Waals surface area contributed by atoms with E-state index in [1.165, 1.54) is 19.1 Å². The number of benzene rings is 2. The Labute approximate surface area is 146 Å². The van der Waals surface area contributed by atoms with Crippen LogP contribution in [0.1, 0.15) is 37.3 Å². The predicted octanol–water partition coefficient (Wildman–Crippen LogP) is 4.15. The highest BCUT2D eigenvalue weighted by Gasteiger charge is 2.45. The van der Waals surface area contributed by atoms with E-state index in [2.05, 4.69) is 10.6 Å². The first-order chi connectivity index (χ1) is 11.9. The average Bonchev–Trinajstić information content (AvgIpc) is 2.50. The summed E-state index contributed by atoms with van der Waals surface area (Å²) in [7, 11) is 0. The van der Waals surface area contributed by atoms with E-state index in [1.807, 2.05) is 13.0 Å². The number of amides is 2. The quantitative estimate of drug-likeness (QED) is 0.878. The maximum Gasteiger partial charge on any atom is 0.235 e. The number of hydrogen-bond acceptors (Lipinski definition) is 2. The summed E-state index contributed by atoms with van der Waals surface area (Å²) >= 11 is 0. The van der Waals surface area contributed by atoms with Crippen LogP contribution in [0, 0.1) is 12.7 Å². The molecule has 2 N–H and O–H groups in total. The third-order valence-corrected chi connectivity index (χ3v) is 4.91. The van der Waals surface area contributed by atoms with Crippen LogP contribution >= 0.6 is 0 Å². The van der Waals surface area contributed by atoms with Gasteiger partial charge in [0.25, 0.3) is 0 Å². The summed E-state index contributed by atoms with van der Waals surface area (Å²) in [6.45, 7) is 3.29. The Bertz CT molecular complexity index is 828. The second kappa shape index (κ2) is 6.67. The Morgan fingerprint density at radius 3 is 2.24 bits per heavy atom. The summed E-state index contributed by atoms with van der Waals surface area (Å²) < 4.78 is 13.6. The molecule has 3 rings (SSSR count). The molecule has 2 aromatic rings. The van der Waals surface area contributed by atoms with Crippen LogP contribution in [0.5, 0.6) is 0 Å². The highest BCUT2D eigenvalue weighted by molar-refractivity contribution is 6.01. The molecule has 0 aliphatic heterocycles. The number of rotatable bonds is 4. The number of carbonyl (C=O) groups excluding carboxylic acids is 2. The van der Waals surface area contributed by atoms with Gasteiger partial charge in [-0.3, -0.25) is 9.59 Å². The Kier molecular flexibility index (Phi) is 4.57. The minimum absolute atomic E-state index is 0.132. The van der Waals surface area contributed by atoms with Crippen molar-refractivity contribution in [3.8, 4) is 0 Å². The van der Waals surface area contributed by atoms with Crippen molar-refractivity contribution in [1.82, 2.24) is 0 Å². The fourth-order valence-electron chi connectivity index (χ4n) is 3.30. The van der Waals surface area contributed by atoms with Crippen molar-refractivity contribution in [2.75, 3.05) is 10.6 Å². The number of halogens is 1. The topological polar surface area (TPSA) is 58.2 Å². The zero-order chi connectivity index (χ0) is 18.0. The molecule has 0 radical (unpaired) electrons. The third-order valence-electron chi connectivity index (χ3n) is 4.91. The Morgan fingerprint density at radius 1 is 1.04 bits per heavy atom. The van der Waals surface area contributed by atoms with E-state index in [0.717, 1.165) is 12.0 Å². The third kappa shape index (κ3) is 3.27. The largest absolute Gasteiger partial charge is 0.326 e. The normalized spacial score (nSPS) is 15.2. The maximum absolute atomic E-state index is 13.6. The van der Waals surface area contributed by atoms with Crippen molar-refractivity contribution in [2.24, 2.45) is 0 Å². The lowest BCUT2D eigenvalue weighted by molar-refractivity contribution is -0.124. The molecule has 2 aromatic carbocycles. The lowest BCUT2D eigenvalue weighted by Gasteiger charge is -2.40. The average molecular weight is 340 g/mol. The molecule has 1 aliphatic rings. The molecule has 0 heterocycles. The number of nitrogens with one attached hydrogen (secondary N) is 2. The molecule has 2 amide bonds. The number of hydrogen-bond donors (Lipinski definition) is 2. The summed E-state index contributed by atoms with van der Waals surface area (Å²) in [5.41, 5.74) is 2.14. The Hall–Kier alpha value is -2.69. The lowest BCUT2D eigenvalue weighted by atomic mass is 9.63. The van der Waals surface area contributed by atoms with E-state index in [0.29, 0.717) is 29.8 Å². The van der Waals surface area contributed by atoms with E-state index in [9.17, 15) is 14.0 Å². The number of anilines is 2.